The molecule has 0 aromatic rings. The van der Waals surface area contributed by atoms with Gasteiger partial charge in [0, 0.05) is 6.54 Å². The van der Waals surface area contributed by atoms with Crippen molar-refractivity contribution in [2.45, 2.75) is 45.2 Å². The second-order valence-corrected chi connectivity index (χ2v) is 5.17. The third-order valence-electron chi connectivity index (χ3n) is 2.83. The Morgan fingerprint density at radius 3 is 2.45 bits per heavy atom. The Labute approximate surface area is 120 Å². The molecule has 1 amide bonds. The topological polar surface area (TPSA) is 123 Å². The van der Waals surface area contributed by atoms with Gasteiger partial charge in [-0.1, -0.05) is 13.8 Å². The second kappa shape index (κ2) is 10.2. The molecule has 0 rings (SSSR count). The number of carbonyl (C=O) groups is 2. The molecule has 0 aromatic carbocycles. The van der Waals surface area contributed by atoms with Gasteiger partial charge in [0.1, 0.15) is 6.29 Å². The van der Waals surface area contributed by atoms with Crippen molar-refractivity contribution in [3.05, 3.63) is 0 Å². The van der Waals surface area contributed by atoms with E-state index in [-0.39, 0.29) is 17.9 Å². The van der Waals surface area contributed by atoms with E-state index in [1.54, 1.807) is 7.05 Å². The molecule has 0 aliphatic heterocycles. The van der Waals surface area contributed by atoms with Crippen molar-refractivity contribution >= 4 is 18.2 Å². The molecular formula is C13H27N5O2. The number of nitrogens with zero attached hydrogens (tertiary/aromatic N) is 1. The van der Waals surface area contributed by atoms with Crippen molar-refractivity contribution in [1.29, 1.82) is 0 Å². The molecule has 0 saturated carbocycles. The van der Waals surface area contributed by atoms with Gasteiger partial charge in [-0.2, -0.15) is 0 Å². The van der Waals surface area contributed by atoms with Gasteiger partial charge in [-0.25, -0.2) is 0 Å². The quantitative estimate of drug-likeness (QED) is 0.184. The number of guanidine groups is 1. The van der Waals surface area contributed by atoms with Crippen molar-refractivity contribution in [2.24, 2.45) is 22.4 Å². The highest BCUT2D eigenvalue weighted by Gasteiger charge is 2.20. The SMILES string of the molecule is CNC(CC(C)C)C(=O)NC(C=O)CCCN=C(N)N. The highest BCUT2D eigenvalue weighted by molar-refractivity contribution is 5.84. The molecular weight excluding hydrogens is 258 g/mol. The molecule has 2 unspecified atom stereocenters. The van der Waals surface area contributed by atoms with Gasteiger partial charge in [0.25, 0.3) is 0 Å². The summed E-state index contributed by atoms with van der Waals surface area (Å²) in [7, 11) is 1.74. The summed E-state index contributed by atoms with van der Waals surface area (Å²) in [4.78, 5) is 26.8. The zero-order valence-corrected chi connectivity index (χ0v) is 12.6. The predicted molar refractivity (Wildman–Crippen MR) is 80.2 cm³/mol. The Morgan fingerprint density at radius 2 is 2.00 bits per heavy atom. The van der Waals surface area contributed by atoms with Gasteiger partial charge in [0.15, 0.2) is 5.96 Å². The van der Waals surface area contributed by atoms with E-state index < -0.39 is 6.04 Å². The molecule has 0 aliphatic carbocycles. The van der Waals surface area contributed by atoms with Crippen LogP contribution in [-0.2, 0) is 9.59 Å². The Balaban J connectivity index is 4.22. The van der Waals surface area contributed by atoms with Gasteiger partial charge in [-0.3, -0.25) is 9.79 Å². The van der Waals surface area contributed by atoms with E-state index >= 15 is 0 Å². The van der Waals surface area contributed by atoms with Gasteiger partial charge in [0.05, 0.1) is 12.1 Å². The number of hydrogen-bond donors (Lipinski definition) is 4. The summed E-state index contributed by atoms with van der Waals surface area (Å²) in [6, 6.07) is -0.783. The molecule has 0 spiro atoms. The minimum absolute atomic E-state index is 0.0314. The minimum Gasteiger partial charge on any atom is -0.370 e. The largest absolute Gasteiger partial charge is 0.370 e. The molecule has 7 heteroatoms. The summed E-state index contributed by atoms with van der Waals surface area (Å²) < 4.78 is 0. The number of hydrogen-bond acceptors (Lipinski definition) is 4. The monoisotopic (exact) mass is 285 g/mol. The molecule has 0 fully saturated rings. The van der Waals surface area contributed by atoms with Crippen LogP contribution in [0.2, 0.25) is 0 Å². The molecule has 0 bridgehead atoms. The number of aliphatic imine (C=N–C) groups is 1. The van der Waals surface area contributed by atoms with Gasteiger partial charge in [-0.15, -0.1) is 0 Å². The highest BCUT2D eigenvalue weighted by Crippen LogP contribution is 2.05. The lowest BCUT2D eigenvalue weighted by molar-refractivity contribution is -0.126. The smallest absolute Gasteiger partial charge is 0.237 e. The normalized spacial score (nSPS) is 13.6. The molecule has 0 aromatic heterocycles. The maximum absolute atomic E-state index is 12.0. The molecule has 2 atom stereocenters. The molecule has 7 nitrogen and oxygen atoms in total. The average Bonchev–Trinajstić information content (AvgIpc) is 2.38. The summed E-state index contributed by atoms with van der Waals surface area (Å²) in [5.41, 5.74) is 10.4. The number of carbonyl (C=O) groups excluding carboxylic acids is 2. The molecule has 116 valence electrons. The second-order valence-electron chi connectivity index (χ2n) is 5.17. The molecule has 0 radical (unpaired) electrons. The molecule has 6 N–H and O–H groups in total. The van der Waals surface area contributed by atoms with Crippen LogP contribution in [0.5, 0.6) is 0 Å². The lowest BCUT2D eigenvalue weighted by Crippen LogP contribution is -2.47. The fraction of sp³-hybridized carbons (Fsp3) is 0.769. The van der Waals surface area contributed by atoms with Crippen LogP contribution in [0.3, 0.4) is 0 Å². The number of likely N-dealkylation sites (N-methyl/N-ethyl adjacent to an activating group) is 1. The van der Waals surface area contributed by atoms with Crippen molar-refractivity contribution < 1.29 is 9.59 Å². The molecule has 0 heterocycles. The lowest BCUT2D eigenvalue weighted by Gasteiger charge is -2.20. The highest BCUT2D eigenvalue weighted by atomic mass is 16.2. The van der Waals surface area contributed by atoms with Crippen molar-refractivity contribution in [3.8, 4) is 0 Å². The van der Waals surface area contributed by atoms with Crippen LogP contribution >= 0.6 is 0 Å². The van der Waals surface area contributed by atoms with E-state index in [0.717, 1.165) is 12.7 Å². The predicted octanol–water partition coefficient (Wildman–Crippen LogP) is -0.642. The molecule has 0 aliphatic rings. The van der Waals surface area contributed by atoms with E-state index in [1.807, 2.05) is 13.8 Å². The van der Waals surface area contributed by atoms with E-state index in [9.17, 15) is 9.59 Å². The van der Waals surface area contributed by atoms with Crippen LogP contribution in [0.1, 0.15) is 33.1 Å². The summed E-state index contributed by atoms with van der Waals surface area (Å²) in [6.45, 7) is 4.54. The molecule has 0 saturated heterocycles. The maximum atomic E-state index is 12.0. The lowest BCUT2D eigenvalue weighted by atomic mass is 10.0. The standard InChI is InChI=1S/C13H27N5O2/c1-9(2)7-11(16-3)12(20)18-10(8-19)5-4-6-17-13(14)15/h8-11,16H,4-7H2,1-3H3,(H,18,20)(H4,14,15,17). The summed E-state index contributed by atoms with van der Waals surface area (Å²) in [5, 5.41) is 5.69. The number of aldehydes is 1. The van der Waals surface area contributed by atoms with Crippen LogP contribution in [0.4, 0.5) is 0 Å². The first-order chi connectivity index (χ1) is 9.40. The van der Waals surface area contributed by atoms with Crippen LogP contribution in [0, 0.1) is 5.92 Å². The number of amides is 1. The number of nitrogens with two attached hydrogens (primary N) is 2. The van der Waals surface area contributed by atoms with Crippen LogP contribution < -0.4 is 22.1 Å². The van der Waals surface area contributed by atoms with Gasteiger partial charge in [0.2, 0.25) is 5.91 Å². The first-order valence-electron chi connectivity index (χ1n) is 6.89. The summed E-state index contributed by atoms with van der Waals surface area (Å²) in [5.74, 6) is 0.277. The average molecular weight is 285 g/mol. The van der Waals surface area contributed by atoms with Crippen LogP contribution in [-0.4, -0.2) is 43.8 Å². The van der Waals surface area contributed by atoms with Gasteiger partial charge >= 0.3 is 0 Å². The Hall–Kier alpha value is -1.63. The number of rotatable bonds is 10. The summed E-state index contributed by atoms with van der Waals surface area (Å²) in [6.07, 6.45) is 2.62. The summed E-state index contributed by atoms with van der Waals surface area (Å²) >= 11 is 0. The third-order valence-corrected chi connectivity index (χ3v) is 2.83. The van der Waals surface area contributed by atoms with Crippen molar-refractivity contribution in [1.82, 2.24) is 10.6 Å². The Bertz CT molecular complexity index is 327. The van der Waals surface area contributed by atoms with Crippen molar-refractivity contribution in [2.75, 3.05) is 13.6 Å². The van der Waals surface area contributed by atoms with Crippen molar-refractivity contribution in [3.63, 3.8) is 0 Å². The van der Waals surface area contributed by atoms with E-state index in [1.165, 1.54) is 0 Å². The first kappa shape index (κ1) is 18.4. The zero-order valence-electron chi connectivity index (χ0n) is 12.6. The zero-order chi connectivity index (χ0) is 15.5. The molecule has 20 heavy (non-hydrogen) atoms. The van der Waals surface area contributed by atoms with Crippen LogP contribution in [0.15, 0.2) is 4.99 Å². The maximum Gasteiger partial charge on any atom is 0.237 e. The van der Waals surface area contributed by atoms with Crippen LogP contribution in [0.25, 0.3) is 0 Å². The van der Waals surface area contributed by atoms with E-state index in [0.29, 0.717) is 25.3 Å². The Kier molecular flexibility index (Phi) is 9.36. The third kappa shape index (κ3) is 8.47. The minimum atomic E-state index is -0.500. The van der Waals surface area contributed by atoms with Gasteiger partial charge < -0.3 is 26.9 Å². The van der Waals surface area contributed by atoms with E-state index in [4.69, 9.17) is 11.5 Å². The fourth-order valence-corrected chi connectivity index (χ4v) is 1.80. The van der Waals surface area contributed by atoms with E-state index in [2.05, 4.69) is 15.6 Å². The fourth-order valence-electron chi connectivity index (χ4n) is 1.80. The number of nitrogens with one attached hydrogen (secondary N) is 2. The first-order valence-corrected chi connectivity index (χ1v) is 6.89. The Morgan fingerprint density at radius 1 is 1.35 bits per heavy atom. The van der Waals surface area contributed by atoms with Gasteiger partial charge in [-0.05, 0) is 32.2 Å².